The van der Waals surface area contributed by atoms with E-state index in [-0.39, 0.29) is 12.5 Å². The van der Waals surface area contributed by atoms with Crippen LogP contribution in [0.5, 0.6) is 11.5 Å². The van der Waals surface area contributed by atoms with Gasteiger partial charge in [-0.2, -0.15) is 0 Å². The van der Waals surface area contributed by atoms with E-state index in [0.717, 1.165) is 21.2 Å². The first-order valence-electron chi connectivity index (χ1n) is 9.73. The molecule has 0 radical (unpaired) electrons. The standard InChI is InChI=1S/C24H21NO5S/c1-16(30-18-13-11-17(28-2)12-14-18)24(27)29-15-23(26)25-19-7-3-5-9-21(19)31-22-10-6-4-8-20(22)25/h3-14,16H,15H2,1-2H3. The fourth-order valence-corrected chi connectivity index (χ4v) is 4.25. The highest BCUT2D eigenvalue weighted by atomic mass is 32.2. The number of ether oxygens (including phenoxy) is 3. The molecule has 4 rings (SSSR count). The number of hydrogen-bond donors (Lipinski definition) is 0. The van der Waals surface area contributed by atoms with Gasteiger partial charge >= 0.3 is 5.97 Å². The van der Waals surface area contributed by atoms with Gasteiger partial charge < -0.3 is 14.2 Å². The summed E-state index contributed by atoms with van der Waals surface area (Å²) in [7, 11) is 1.57. The van der Waals surface area contributed by atoms with Crippen LogP contribution >= 0.6 is 11.8 Å². The summed E-state index contributed by atoms with van der Waals surface area (Å²) >= 11 is 1.61. The minimum Gasteiger partial charge on any atom is -0.497 e. The predicted octanol–water partition coefficient (Wildman–Crippen LogP) is 4.84. The van der Waals surface area contributed by atoms with Gasteiger partial charge in [-0.1, -0.05) is 36.0 Å². The highest BCUT2D eigenvalue weighted by molar-refractivity contribution is 7.99. The van der Waals surface area contributed by atoms with E-state index in [1.54, 1.807) is 55.0 Å². The number of carbonyl (C=O) groups excluding carboxylic acids is 2. The van der Waals surface area contributed by atoms with Crippen molar-refractivity contribution in [3.05, 3.63) is 72.8 Å². The van der Waals surface area contributed by atoms with Gasteiger partial charge in [-0.25, -0.2) is 4.79 Å². The number of anilines is 2. The third kappa shape index (κ3) is 4.51. The monoisotopic (exact) mass is 435 g/mol. The average Bonchev–Trinajstić information content (AvgIpc) is 2.81. The number of esters is 1. The van der Waals surface area contributed by atoms with Crippen LogP contribution in [0.3, 0.4) is 0 Å². The van der Waals surface area contributed by atoms with Crippen molar-refractivity contribution in [3.8, 4) is 11.5 Å². The molecule has 3 aromatic rings. The molecule has 7 heteroatoms. The van der Waals surface area contributed by atoms with Crippen molar-refractivity contribution in [3.63, 3.8) is 0 Å². The average molecular weight is 436 g/mol. The largest absolute Gasteiger partial charge is 0.497 e. The summed E-state index contributed by atoms with van der Waals surface area (Å²) in [6.45, 7) is 1.20. The molecule has 0 N–H and O–H groups in total. The Morgan fingerprint density at radius 2 is 1.42 bits per heavy atom. The van der Waals surface area contributed by atoms with Gasteiger partial charge in [0.2, 0.25) is 0 Å². The molecule has 0 saturated carbocycles. The number of nitrogens with zero attached hydrogens (tertiary/aromatic N) is 1. The zero-order valence-electron chi connectivity index (χ0n) is 17.1. The predicted molar refractivity (Wildman–Crippen MR) is 118 cm³/mol. The van der Waals surface area contributed by atoms with Gasteiger partial charge in [-0.3, -0.25) is 9.69 Å². The number of benzene rings is 3. The van der Waals surface area contributed by atoms with Crippen molar-refractivity contribution in [2.45, 2.75) is 22.8 Å². The zero-order valence-corrected chi connectivity index (χ0v) is 17.9. The minimum atomic E-state index is -0.863. The minimum absolute atomic E-state index is 0.329. The lowest BCUT2D eigenvalue weighted by molar-refractivity contribution is -0.154. The number of rotatable bonds is 6. The first-order chi connectivity index (χ1) is 15.1. The first kappa shape index (κ1) is 20.8. The maximum atomic E-state index is 13.1. The number of fused-ring (bicyclic) bond motifs is 2. The van der Waals surface area contributed by atoms with E-state index in [1.807, 2.05) is 48.5 Å². The molecule has 6 nitrogen and oxygen atoms in total. The lowest BCUT2D eigenvalue weighted by Gasteiger charge is -2.30. The fraction of sp³-hybridized carbons (Fsp3) is 0.167. The van der Waals surface area contributed by atoms with Crippen LogP contribution in [0.25, 0.3) is 0 Å². The van der Waals surface area contributed by atoms with Gasteiger partial charge in [0.1, 0.15) is 11.5 Å². The molecule has 1 aliphatic heterocycles. The van der Waals surface area contributed by atoms with Crippen LogP contribution in [0.1, 0.15) is 6.92 Å². The van der Waals surface area contributed by atoms with Crippen LogP contribution < -0.4 is 14.4 Å². The molecule has 1 atom stereocenters. The molecule has 158 valence electrons. The summed E-state index contributed by atoms with van der Waals surface area (Å²) in [5, 5.41) is 0. The SMILES string of the molecule is COc1ccc(OC(C)C(=O)OCC(=O)N2c3ccccc3Sc3ccccc32)cc1. The van der Waals surface area contributed by atoms with Crippen molar-refractivity contribution in [2.75, 3.05) is 18.6 Å². The molecule has 3 aromatic carbocycles. The molecule has 1 heterocycles. The normalized spacial score (nSPS) is 12.9. The Bertz CT molecular complexity index is 1050. The molecule has 0 fully saturated rings. The highest BCUT2D eigenvalue weighted by Gasteiger charge is 2.29. The summed E-state index contributed by atoms with van der Waals surface area (Å²) in [5.41, 5.74) is 1.55. The Labute approximate surface area is 184 Å². The van der Waals surface area contributed by atoms with E-state index in [2.05, 4.69) is 0 Å². The summed E-state index contributed by atoms with van der Waals surface area (Å²) in [6.07, 6.45) is -0.863. The molecule has 0 spiro atoms. The van der Waals surface area contributed by atoms with Crippen molar-refractivity contribution in [1.29, 1.82) is 0 Å². The summed E-state index contributed by atoms with van der Waals surface area (Å²) < 4.78 is 16.0. The van der Waals surface area contributed by atoms with Gasteiger partial charge in [0.15, 0.2) is 12.7 Å². The summed E-state index contributed by atoms with van der Waals surface area (Å²) in [6, 6.07) is 22.2. The van der Waals surface area contributed by atoms with Gasteiger partial charge in [0, 0.05) is 9.79 Å². The van der Waals surface area contributed by atoms with Crippen LogP contribution in [0.2, 0.25) is 0 Å². The summed E-state index contributed by atoms with van der Waals surface area (Å²) in [4.78, 5) is 29.0. The molecule has 31 heavy (non-hydrogen) atoms. The van der Waals surface area contributed by atoms with Crippen molar-refractivity contribution < 1.29 is 23.8 Å². The number of carbonyl (C=O) groups is 2. The quantitative estimate of drug-likeness (QED) is 0.517. The third-order valence-electron chi connectivity index (χ3n) is 4.72. The third-order valence-corrected chi connectivity index (χ3v) is 5.85. The molecule has 0 aliphatic carbocycles. The number of hydrogen-bond acceptors (Lipinski definition) is 6. The molecule has 1 unspecified atom stereocenters. The fourth-order valence-electron chi connectivity index (χ4n) is 3.19. The maximum absolute atomic E-state index is 13.1. The molecule has 0 aromatic heterocycles. The lowest BCUT2D eigenvalue weighted by Crippen LogP contribution is -2.35. The second-order valence-electron chi connectivity index (χ2n) is 6.81. The van der Waals surface area contributed by atoms with Crippen LogP contribution in [-0.4, -0.2) is 31.7 Å². The van der Waals surface area contributed by atoms with Crippen LogP contribution in [-0.2, 0) is 14.3 Å². The van der Waals surface area contributed by atoms with Crippen LogP contribution in [0, 0.1) is 0 Å². The maximum Gasteiger partial charge on any atom is 0.347 e. The molecule has 0 saturated heterocycles. The Balaban J connectivity index is 1.43. The Kier molecular flexibility index (Phi) is 6.13. The molecule has 1 amide bonds. The molecular weight excluding hydrogens is 414 g/mol. The summed E-state index contributed by atoms with van der Waals surface area (Å²) in [5.74, 6) is 0.253. The topological polar surface area (TPSA) is 65.1 Å². The molecule has 1 aliphatic rings. The van der Waals surface area contributed by atoms with Gasteiger partial charge in [-0.05, 0) is 55.5 Å². The smallest absolute Gasteiger partial charge is 0.347 e. The molecule has 0 bridgehead atoms. The Morgan fingerprint density at radius 1 is 0.871 bits per heavy atom. The second-order valence-corrected chi connectivity index (χ2v) is 7.89. The van der Waals surface area contributed by atoms with Gasteiger partial charge in [-0.15, -0.1) is 0 Å². The first-order valence-corrected chi connectivity index (χ1v) is 10.5. The second kappa shape index (κ2) is 9.14. The zero-order chi connectivity index (χ0) is 21.8. The molecular formula is C24H21NO5S. The van der Waals surface area contributed by atoms with E-state index >= 15 is 0 Å². The van der Waals surface area contributed by atoms with Crippen molar-refractivity contribution in [2.24, 2.45) is 0 Å². The van der Waals surface area contributed by atoms with E-state index in [4.69, 9.17) is 14.2 Å². The number of amides is 1. The van der Waals surface area contributed by atoms with E-state index in [9.17, 15) is 9.59 Å². The number of methoxy groups -OCH3 is 1. The van der Waals surface area contributed by atoms with Gasteiger partial charge in [0.25, 0.3) is 5.91 Å². The van der Waals surface area contributed by atoms with Crippen LogP contribution in [0.4, 0.5) is 11.4 Å². The van der Waals surface area contributed by atoms with Gasteiger partial charge in [0.05, 0.1) is 18.5 Å². The highest BCUT2D eigenvalue weighted by Crippen LogP contribution is 2.47. The number of para-hydroxylation sites is 2. The van der Waals surface area contributed by atoms with Crippen molar-refractivity contribution in [1.82, 2.24) is 0 Å². The Hall–Kier alpha value is -3.45. The van der Waals surface area contributed by atoms with E-state index in [1.165, 1.54) is 0 Å². The lowest BCUT2D eigenvalue weighted by atomic mass is 10.2. The van der Waals surface area contributed by atoms with E-state index < -0.39 is 12.1 Å². The van der Waals surface area contributed by atoms with E-state index in [0.29, 0.717) is 11.5 Å². The Morgan fingerprint density at radius 3 is 2.00 bits per heavy atom. The van der Waals surface area contributed by atoms with Crippen molar-refractivity contribution >= 4 is 35.0 Å². The van der Waals surface area contributed by atoms with Crippen LogP contribution in [0.15, 0.2) is 82.6 Å².